The molecule has 0 aliphatic heterocycles. The van der Waals surface area contributed by atoms with Crippen molar-refractivity contribution in [1.29, 1.82) is 0 Å². The highest BCUT2D eigenvalue weighted by Crippen LogP contribution is 2.21. The summed E-state index contributed by atoms with van der Waals surface area (Å²) >= 11 is 0. The molecular weight excluding hydrogens is 296 g/mol. The van der Waals surface area contributed by atoms with Gasteiger partial charge in [0.15, 0.2) is 8.32 Å². The zero-order chi connectivity index (χ0) is 16.6. The second-order valence-electron chi connectivity index (χ2n) is 6.42. The van der Waals surface area contributed by atoms with Crippen LogP contribution in [-0.4, -0.2) is 32.4 Å². The molecule has 1 rings (SSSR count). The van der Waals surface area contributed by atoms with Crippen molar-refractivity contribution in [3.8, 4) is 0 Å². The van der Waals surface area contributed by atoms with Crippen LogP contribution in [-0.2, 0) is 4.43 Å². The van der Waals surface area contributed by atoms with Crippen LogP contribution in [0, 0.1) is 10.1 Å². The lowest BCUT2D eigenvalue weighted by molar-refractivity contribution is -0.528. The maximum absolute atomic E-state index is 11.3. The molecule has 0 saturated heterocycles. The van der Waals surface area contributed by atoms with E-state index < -0.39 is 14.4 Å². The Kier molecular flexibility index (Phi) is 7.71. The lowest BCUT2D eigenvalue weighted by Crippen LogP contribution is -2.37. The minimum Gasteiger partial charge on any atom is -0.418 e. The second kappa shape index (κ2) is 9.02. The molecular formula is C16H28N2O3Si. The smallest absolute Gasteiger partial charge is 0.232 e. The van der Waals surface area contributed by atoms with Crippen molar-refractivity contribution in [2.75, 3.05) is 13.2 Å². The van der Waals surface area contributed by atoms with Crippen molar-refractivity contribution in [2.24, 2.45) is 0 Å². The maximum atomic E-state index is 11.3. The van der Waals surface area contributed by atoms with Crippen molar-refractivity contribution in [2.45, 2.75) is 51.5 Å². The molecule has 6 heteroatoms. The molecule has 1 N–H and O–H groups in total. The molecule has 2 atom stereocenters. The van der Waals surface area contributed by atoms with Crippen LogP contribution in [0.25, 0.3) is 0 Å². The Hall–Kier alpha value is -1.24. The SMILES string of the molecule is CC[C@@H]([C@H](NCCCO[Si](C)(C)C)c1ccccc1)[N+](=O)[O-]. The first-order valence-corrected chi connectivity index (χ1v) is 11.3. The van der Waals surface area contributed by atoms with Crippen LogP contribution in [0.3, 0.4) is 0 Å². The number of nitrogens with one attached hydrogen (secondary N) is 1. The van der Waals surface area contributed by atoms with Crippen molar-refractivity contribution < 1.29 is 9.35 Å². The van der Waals surface area contributed by atoms with E-state index in [0.29, 0.717) is 19.6 Å². The minimum absolute atomic E-state index is 0.177. The predicted molar refractivity (Wildman–Crippen MR) is 92.2 cm³/mol. The minimum atomic E-state index is -1.48. The van der Waals surface area contributed by atoms with E-state index in [4.69, 9.17) is 4.43 Å². The summed E-state index contributed by atoms with van der Waals surface area (Å²) in [6.45, 7) is 9.76. The van der Waals surface area contributed by atoms with Gasteiger partial charge in [-0.15, -0.1) is 0 Å². The van der Waals surface area contributed by atoms with Gasteiger partial charge in [0.1, 0.15) is 6.04 Å². The molecule has 0 spiro atoms. The maximum Gasteiger partial charge on any atom is 0.232 e. The van der Waals surface area contributed by atoms with Gasteiger partial charge in [0, 0.05) is 18.0 Å². The molecule has 22 heavy (non-hydrogen) atoms. The molecule has 124 valence electrons. The summed E-state index contributed by atoms with van der Waals surface area (Å²) < 4.78 is 5.82. The molecule has 0 saturated carbocycles. The fourth-order valence-electron chi connectivity index (χ4n) is 2.35. The van der Waals surface area contributed by atoms with Gasteiger partial charge in [0.2, 0.25) is 6.04 Å². The van der Waals surface area contributed by atoms with E-state index >= 15 is 0 Å². The van der Waals surface area contributed by atoms with Gasteiger partial charge in [-0.3, -0.25) is 10.1 Å². The monoisotopic (exact) mass is 324 g/mol. The molecule has 1 aromatic carbocycles. The Morgan fingerprint density at radius 1 is 1.27 bits per heavy atom. The first-order valence-electron chi connectivity index (χ1n) is 7.91. The fraction of sp³-hybridized carbons (Fsp3) is 0.625. The summed E-state index contributed by atoms with van der Waals surface area (Å²) in [4.78, 5) is 11.1. The molecule has 1 aromatic rings. The summed E-state index contributed by atoms with van der Waals surface area (Å²) in [6.07, 6.45) is 1.37. The summed E-state index contributed by atoms with van der Waals surface area (Å²) in [5.41, 5.74) is 0.970. The number of benzene rings is 1. The van der Waals surface area contributed by atoms with E-state index in [1.807, 2.05) is 37.3 Å². The number of nitro groups is 1. The number of rotatable bonds is 10. The molecule has 0 aliphatic rings. The second-order valence-corrected chi connectivity index (χ2v) is 10.9. The van der Waals surface area contributed by atoms with Gasteiger partial charge in [0.25, 0.3) is 0 Å². The zero-order valence-electron chi connectivity index (χ0n) is 14.0. The lowest BCUT2D eigenvalue weighted by Gasteiger charge is -2.23. The molecule has 0 unspecified atom stereocenters. The first-order chi connectivity index (χ1) is 10.3. The van der Waals surface area contributed by atoms with Crippen molar-refractivity contribution in [3.05, 3.63) is 46.0 Å². The van der Waals surface area contributed by atoms with E-state index in [1.165, 1.54) is 0 Å². The molecule has 0 fully saturated rings. The number of hydrogen-bond acceptors (Lipinski definition) is 4. The van der Waals surface area contributed by atoms with E-state index in [2.05, 4.69) is 25.0 Å². The number of hydrogen-bond donors (Lipinski definition) is 1. The van der Waals surface area contributed by atoms with Gasteiger partial charge in [-0.25, -0.2) is 0 Å². The van der Waals surface area contributed by atoms with E-state index in [9.17, 15) is 10.1 Å². The summed E-state index contributed by atoms with van der Waals surface area (Å²) in [5, 5.41) is 14.7. The molecule has 0 aromatic heterocycles. The quantitative estimate of drug-likeness (QED) is 0.309. The van der Waals surface area contributed by atoms with Gasteiger partial charge in [-0.2, -0.15) is 0 Å². The van der Waals surface area contributed by atoms with Crippen LogP contribution in [0.2, 0.25) is 19.6 Å². The van der Waals surface area contributed by atoms with Gasteiger partial charge >= 0.3 is 0 Å². The highest BCUT2D eigenvalue weighted by Gasteiger charge is 2.30. The molecule has 0 heterocycles. The Balaban J connectivity index is 2.62. The molecule has 0 amide bonds. The topological polar surface area (TPSA) is 64.4 Å². The van der Waals surface area contributed by atoms with Gasteiger partial charge < -0.3 is 9.74 Å². The Morgan fingerprint density at radius 3 is 2.41 bits per heavy atom. The molecule has 0 aliphatic carbocycles. The summed E-state index contributed by atoms with van der Waals surface area (Å²) in [6, 6.07) is 8.80. The van der Waals surface area contributed by atoms with Crippen LogP contribution < -0.4 is 5.32 Å². The normalized spacial score (nSPS) is 14.5. The highest BCUT2D eigenvalue weighted by atomic mass is 28.4. The van der Waals surface area contributed by atoms with Crippen LogP contribution in [0.4, 0.5) is 0 Å². The van der Waals surface area contributed by atoms with Crippen LogP contribution in [0.1, 0.15) is 31.4 Å². The fourth-order valence-corrected chi connectivity index (χ4v) is 3.11. The van der Waals surface area contributed by atoms with Crippen molar-refractivity contribution in [1.82, 2.24) is 5.32 Å². The van der Waals surface area contributed by atoms with E-state index in [1.54, 1.807) is 0 Å². The largest absolute Gasteiger partial charge is 0.418 e. The van der Waals surface area contributed by atoms with Crippen LogP contribution in [0.5, 0.6) is 0 Å². The van der Waals surface area contributed by atoms with Crippen LogP contribution in [0.15, 0.2) is 30.3 Å². The van der Waals surface area contributed by atoms with E-state index in [-0.39, 0.29) is 11.0 Å². The summed E-state index contributed by atoms with van der Waals surface area (Å²) in [5.74, 6) is 0. The average molecular weight is 324 g/mol. The first kappa shape index (κ1) is 18.8. The van der Waals surface area contributed by atoms with Crippen molar-refractivity contribution >= 4 is 8.32 Å². The Labute approximate surface area is 134 Å². The predicted octanol–water partition coefficient (Wildman–Crippen LogP) is 3.61. The third-order valence-electron chi connectivity index (χ3n) is 3.45. The standard InChI is InChI=1S/C16H28N2O3Si/c1-5-15(18(19)20)16(14-10-7-6-8-11-14)17-12-9-13-21-22(2,3)4/h6-8,10-11,15-17H,5,9,12-13H2,1-4H3/t15-,16+/m0/s1. The highest BCUT2D eigenvalue weighted by molar-refractivity contribution is 6.69. The van der Waals surface area contributed by atoms with Gasteiger partial charge in [-0.05, 0) is 38.2 Å². The third-order valence-corrected chi connectivity index (χ3v) is 4.52. The van der Waals surface area contributed by atoms with Gasteiger partial charge in [-0.1, -0.05) is 37.3 Å². The third kappa shape index (κ3) is 6.68. The zero-order valence-corrected chi connectivity index (χ0v) is 15.0. The number of nitrogens with zero attached hydrogens (tertiary/aromatic N) is 1. The van der Waals surface area contributed by atoms with Crippen molar-refractivity contribution in [3.63, 3.8) is 0 Å². The summed E-state index contributed by atoms with van der Waals surface area (Å²) in [7, 11) is -1.48. The Bertz CT molecular complexity index is 448. The van der Waals surface area contributed by atoms with E-state index in [0.717, 1.165) is 12.0 Å². The Morgan fingerprint density at radius 2 is 1.91 bits per heavy atom. The molecule has 5 nitrogen and oxygen atoms in total. The average Bonchev–Trinajstić information content (AvgIpc) is 2.45. The molecule has 0 radical (unpaired) electrons. The lowest BCUT2D eigenvalue weighted by atomic mass is 9.97. The van der Waals surface area contributed by atoms with Gasteiger partial charge in [0.05, 0.1) is 0 Å². The van der Waals surface area contributed by atoms with Crippen LogP contribution >= 0.6 is 0 Å². The molecule has 0 bridgehead atoms.